The van der Waals surface area contributed by atoms with Crippen LogP contribution in [0.25, 0.3) is 22.3 Å². The summed E-state index contributed by atoms with van der Waals surface area (Å²) < 4.78 is 6.50. The Bertz CT molecular complexity index is 3060. The number of rotatable bonds is 23. The Hall–Kier alpha value is -5.96. The summed E-state index contributed by atoms with van der Waals surface area (Å²) in [4.78, 5) is 107. The van der Waals surface area contributed by atoms with Crippen LogP contribution in [-0.4, -0.2) is 153 Å². The van der Waals surface area contributed by atoms with Crippen molar-refractivity contribution in [1.82, 2.24) is 46.8 Å². The number of esters is 2. The second kappa shape index (κ2) is 38.4. The lowest BCUT2D eigenvalue weighted by Crippen LogP contribution is -2.61. The topological polar surface area (TPSA) is 334 Å². The molecular formula is C63H86Cl6N10O13. The van der Waals surface area contributed by atoms with Crippen LogP contribution >= 0.6 is 69.6 Å². The molecule has 2 fully saturated rings. The van der Waals surface area contributed by atoms with Crippen molar-refractivity contribution in [3.63, 3.8) is 0 Å². The first kappa shape index (κ1) is 80.3. The molecule has 2 aromatic carbocycles. The van der Waals surface area contributed by atoms with Gasteiger partial charge in [0, 0.05) is 60.8 Å². The molecular weight excluding hydrogens is 1320 g/mol. The van der Waals surface area contributed by atoms with Gasteiger partial charge >= 0.3 is 17.9 Å². The van der Waals surface area contributed by atoms with E-state index >= 15 is 0 Å². The molecule has 4 heterocycles. The number of ether oxygens (including phenoxy) is 2. The summed E-state index contributed by atoms with van der Waals surface area (Å²) in [6, 6.07) is 17.9. The quantitative estimate of drug-likeness (QED) is 0.0250. The standard InChI is InChI=1S/C31H40Cl3N5O6.C16H17NO3.C15H25Cl3N4O4.CH4/c1-18(2)27(28(42)36-19(3)29(43)39-14-6-9-25(38-39)30(44)45-17-31(32,33)34)37-26(41)13-12-24-11-10-23(16-35-24)22-8-5-7-21(15-22)20(4)40;1-11(18)12-3-2-4-13(9-12)14-5-6-15(17-10-14)7-8-16(19)20;1-8(2)11(19)12(23)20-9(3)13(24)22-6-4-5-10(21-22)14(25)26-7-15(16,17)18;/h5,7-8,10-11,15-16,18-20,25,27,38,40H,6,9,12-14,17H2,1-4H3,(H,36,42)(H,37,41);2-6,9-11,18H,7-8H2,1H3,(H,19,20);8-11,21H,4-7,19H2,1-3H3,(H,20,23);1H4/t19-,20+,25-,27-;11-;9-,10-,11-;/m010./s1. The molecule has 29 heteroatoms. The molecule has 2 aliphatic rings. The molecule has 92 heavy (non-hydrogen) atoms. The van der Waals surface area contributed by atoms with Crippen LogP contribution < -0.4 is 32.5 Å². The zero-order valence-corrected chi connectivity index (χ0v) is 56.4. The Labute approximate surface area is 567 Å². The van der Waals surface area contributed by atoms with E-state index in [2.05, 4.69) is 36.8 Å². The molecule has 2 saturated heterocycles. The maximum Gasteiger partial charge on any atom is 0.325 e. The number of aliphatic hydroxyl groups excluding tert-OH is 2. The second-order valence-corrected chi connectivity index (χ2v) is 27.7. The Kier molecular flexibility index (Phi) is 33.5. The number of aliphatic hydroxyl groups is 2. The van der Waals surface area contributed by atoms with Crippen molar-refractivity contribution in [3.05, 3.63) is 108 Å². The predicted octanol–water partition coefficient (Wildman–Crippen LogP) is 8.13. The highest BCUT2D eigenvalue weighted by Crippen LogP contribution is 2.29. The summed E-state index contributed by atoms with van der Waals surface area (Å²) in [5.74, 6) is -4.48. The van der Waals surface area contributed by atoms with Gasteiger partial charge in [-0.1, -0.05) is 153 Å². The van der Waals surface area contributed by atoms with Gasteiger partial charge in [-0.25, -0.2) is 10.9 Å². The third-order valence-corrected chi connectivity index (χ3v) is 14.9. The third-order valence-electron chi connectivity index (χ3n) is 14.2. The van der Waals surface area contributed by atoms with E-state index in [0.29, 0.717) is 57.3 Å². The molecule has 0 unspecified atom stereocenters. The number of halogens is 6. The van der Waals surface area contributed by atoms with E-state index in [-0.39, 0.29) is 50.5 Å². The molecule has 0 saturated carbocycles. The number of hydrogen-bond donors (Lipinski definition) is 9. The van der Waals surface area contributed by atoms with Gasteiger partial charge in [0.05, 0.1) is 24.7 Å². The van der Waals surface area contributed by atoms with Gasteiger partial charge in [-0.05, 0) is 118 Å². The number of aryl methyl sites for hydroxylation is 2. The minimum Gasteiger partial charge on any atom is -0.481 e. The van der Waals surface area contributed by atoms with Crippen LogP contribution in [0.1, 0.15) is 136 Å². The summed E-state index contributed by atoms with van der Waals surface area (Å²) in [5.41, 5.74) is 18.3. The van der Waals surface area contributed by atoms with E-state index in [1.165, 1.54) is 16.9 Å². The highest BCUT2D eigenvalue weighted by atomic mass is 35.6. The van der Waals surface area contributed by atoms with Crippen LogP contribution in [0.3, 0.4) is 0 Å². The zero-order chi connectivity index (χ0) is 67.9. The van der Waals surface area contributed by atoms with E-state index in [4.69, 9.17) is 89.9 Å². The van der Waals surface area contributed by atoms with E-state index in [1.807, 2.05) is 86.6 Å². The monoisotopic (exact) mass is 1400 g/mol. The summed E-state index contributed by atoms with van der Waals surface area (Å²) in [6.07, 6.45) is 5.38. The number of pyridine rings is 2. The first-order valence-corrected chi connectivity index (χ1v) is 31.9. The number of carboxylic acids is 1. The smallest absolute Gasteiger partial charge is 0.325 e. The van der Waals surface area contributed by atoms with Gasteiger partial charge in [-0.3, -0.25) is 58.3 Å². The maximum absolute atomic E-state index is 13.1. The number of nitrogens with zero attached hydrogens (tertiary/aromatic N) is 4. The van der Waals surface area contributed by atoms with E-state index in [1.54, 1.807) is 47.0 Å². The summed E-state index contributed by atoms with van der Waals surface area (Å²) in [5, 5.41) is 38.7. The fraction of sp³-hybridized carbons (Fsp3) is 0.524. The highest BCUT2D eigenvalue weighted by Gasteiger charge is 2.36. The first-order valence-electron chi connectivity index (χ1n) is 29.6. The van der Waals surface area contributed by atoms with Crippen molar-refractivity contribution in [3.8, 4) is 22.3 Å². The van der Waals surface area contributed by atoms with Crippen LogP contribution in [0.2, 0.25) is 0 Å². The average Bonchev–Trinajstić information content (AvgIpc) is 1.02. The van der Waals surface area contributed by atoms with Crippen molar-refractivity contribution in [2.24, 2.45) is 17.6 Å². The van der Waals surface area contributed by atoms with Crippen molar-refractivity contribution >= 4 is 117 Å². The van der Waals surface area contributed by atoms with Crippen molar-refractivity contribution in [2.45, 2.75) is 170 Å². The lowest BCUT2D eigenvalue weighted by Gasteiger charge is -2.34. The summed E-state index contributed by atoms with van der Waals surface area (Å²) in [7, 11) is 0. The third kappa shape index (κ3) is 27.9. The number of benzene rings is 2. The van der Waals surface area contributed by atoms with Crippen molar-refractivity contribution in [1.29, 1.82) is 0 Å². The number of nitrogens with two attached hydrogens (primary N) is 1. The minimum atomic E-state index is -1.75. The lowest BCUT2D eigenvalue weighted by atomic mass is 10.0. The minimum absolute atomic E-state index is 0. The van der Waals surface area contributed by atoms with Gasteiger partial charge in [0.1, 0.15) is 43.4 Å². The molecule has 0 bridgehead atoms. The largest absolute Gasteiger partial charge is 0.481 e. The first-order chi connectivity index (χ1) is 42.6. The number of aliphatic carboxylic acids is 1. The molecule has 0 radical (unpaired) electrons. The second-order valence-electron chi connectivity index (χ2n) is 22.7. The van der Waals surface area contributed by atoms with Crippen molar-refractivity contribution in [2.75, 3.05) is 26.3 Å². The Balaban J connectivity index is 0.000000396. The van der Waals surface area contributed by atoms with Gasteiger partial charge < -0.3 is 46.5 Å². The molecule has 10 N–H and O–H groups in total. The van der Waals surface area contributed by atoms with Crippen LogP contribution in [0.4, 0.5) is 0 Å². The molecule has 0 spiro atoms. The molecule has 0 aliphatic carbocycles. The number of carboxylic acid groups (broad SMARTS) is 1. The Morgan fingerprint density at radius 1 is 0.598 bits per heavy atom. The fourth-order valence-electron chi connectivity index (χ4n) is 8.94. The Morgan fingerprint density at radius 3 is 1.37 bits per heavy atom. The molecule has 4 aromatic rings. The molecule has 5 amide bonds. The lowest BCUT2D eigenvalue weighted by molar-refractivity contribution is -0.154. The number of carbonyl (C=O) groups is 8. The number of hydrazine groups is 2. The highest BCUT2D eigenvalue weighted by molar-refractivity contribution is 6.68. The number of hydrogen-bond acceptors (Lipinski definition) is 17. The van der Waals surface area contributed by atoms with Crippen LogP contribution in [0, 0.1) is 11.8 Å². The number of aromatic nitrogens is 2. The van der Waals surface area contributed by atoms with Gasteiger partial charge in [0.15, 0.2) is 0 Å². The van der Waals surface area contributed by atoms with Crippen molar-refractivity contribution < 1.29 is 63.1 Å². The average molecular weight is 1400 g/mol. The van der Waals surface area contributed by atoms with E-state index in [9.17, 15) is 48.6 Å². The normalized spacial score (nSPS) is 16.9. The van der Waals surface area contributed by atoms with Gasteiger partial charge in [-0.2, -0.15) is 0 Å². The number of carbonyl (C=O) groups excluding carboxylic acids is 7. The summed E-state index contributed by atoms with van der Waals surface area (Å²) >= 11 is 33.6. The summed E-state index contributed by atoms with van der Waals surface area (Å²) in [6.45, 7) is 13.6. The number of amides is 5. The number of alkyl halides is 6. The molecule has 2 aromatic heterocycles. The zero-order valence-electron chi connectivity index (χ0n) is 51.9. The molecule has 23 nitrogen and oxygen atoms in total. The van der Waals surface area contributed by atoms with Crippen LogP contribution in [-0.2, 0) is 60.7 Å². The Morgan fingerprint density at radius 2 is 1.01 bits per heavy atom. The molecule has 508 valence electrons. The van der Waals surface area contributed by atoms with Gasteiger partial charge in [-0.15, -0.1) is 0 Å². The van der Waals surface area contributed by atoms with Gasteiger partial charge in [0.2, 0.25) is 25.3 Å². The fourth-order valence-corrected chi connectivity index (χ4v) is 9.27. The molecule has 2 aliphatic heterocycles. The van der Waals surface area contributed by atoms with Crippen LogP contribution in [0.15, 0.2) is 85.2 Å². The van der Waals surface area contributed by atoms with E-state index in [0.717, 1.165) is 39.1 Å². The van der Waals surface area contributed by atoms with Gasteiger partial charge in [0.25, 0.3) is 11.8 Å². The molecule has 6 rings (SSSR count). The predicted molar refractivity (Wildman–Crippen MR) is 355 cm³/mol. The van der Waals surface area contributed by atoms with Crippen LogP contribution in [0.5, 0.6) is 0 Å². The maximum atomic E-state index is 13.1. The number of nitrogens with one attached hydrogen (secondary N) is 5. The molecule has 8 atom stereocenters. The van der Waals surface area contributed by atoms with E-state index < -0.39 is 98.3 Å². The SMILES string of the molecule is C.CC(C)[C@H](N)C(=O)N[C@@H](C)C(=O)N1CCC[C@@H](C(=O)OCC(Cl)(Cl)Cl)N1.CC(C)[C@H](NC(=O)CCc1ccc(-c2cccc([C@@H](C)O)c2)cn1)C(=O)N[C@@H](C)C(=O)N1CCC[C@@H](C(=O)OCC(Cl)(Cl)Cl)N1.C[C@@H](O)c1cccc(-c2ccc(CCC(=O)O)nc2)c1.